The van der Waals surface area contributed by atoms with Crippen molar-refractivity contribution in [2.75, 3.05) is 92.2 Å². The summed E-state index contributed by atoms with van der Waals surface area (Å²) >= 11 is 4.09. The Bertz CT molecular complexity index is 1800. The smallest absolute Gasteiger partial charge is 0.465 e. The summed E-state index contributed by atoms with van der Waals surface area (Å²) in [7, 11) is -2.92. The van der Waals surface area contributed by atoms with E-state index in [4.69, 9.17) is 46.4 Å². The van der Waals surface area contributed by atoms with Crippen LogP contribution in [0, 0.1) is 5.41 Å². The third-order valence-electron chi connectivity index (χ3n) is 10.1. The van der Waals surface area contributed by atoms with E-state index >= 15 is 0 Å². The summed E-state index contributed by atoms with van der Waals surface area (Å²) in [6.07, 6.45) is 0.770. The fraction of sp³-hybridized carbons (Fsp3) is 0.740. The zero-order valence-electron chi connectivity index (χ0n) is 47.0. The molecule has 9 unspecified atom stereocenters. The first-order valence-electron chi connectivity index (χ1n) is 26.0. The number of rotatable bonds is 48. The van der Waals surface area contributed by atoms with Gasteiger partial charge in [-0.3, -0.25) is 34.1 Å². The molecular formula is C50H88N4O20S4Si. The minimum absolute atomic E-state index is 0.00579. The minimum Gasteiger partial charge on any atom is -0.465 e. The number of amides is 2. The van der Waals surface area contributed by atoms with Gasteiger partial charge in [0.2, 0.25) is 0 Å². The van der Waals surface area contributed by atoms with Crippen molar-refractivity contribution in [2.45, 2.75) is 138 Å². The Morgan fingerprint density at radius 3 is 1.38 bits per heavy atom. The molecule has 0 rings (SSSR count). The van der Waals surface area contributed by atoms with Crippen molar-refractivity contribution in [3.8, 4) is 0 Å². The van der Waals surface area contributed by atoms with Crippen molar-refractivity contribution in [2.24, 2.45) is 5.41 Å². The second kappa shape index (κ2) is 45.3. The van der Waals surface area contributed by atoms with Gasteiger partial charge in [0, 0.05) is 79.1 Å². The highest BCUT2D eigenvalue weighted by Crippen LogP contribution is 2.27. The van der Waals surface area contributed by atoms with Crippen molar-refractivity contribution in [3.63, 3.8) is 0 Å². The lowest BCUT2D eigenvalue weighted by molar-refractivity contribution is -0.170. The number of thioether (sulfide) groups is 4. The lowest BCUT2D eigenvalue weighted by atomic mass is 9.92. The quantitative estimate of drug-likeness (QED) is 0.00831. The second-order valence-electron chi connectivity index (χ2n) is 17.5. The highest BCUT2D eigenvalue weighted by Gasteiger charge is 2.40. The Morgan fingerprint density at radius 1 is 0.544 bits per heavy atom. The van der Waals surface area contributed by atoms with Crippen LogP contribution in [0.3, 0.4) is 0 Å². The SMILES string of the molecule is C=CC(=O)OCCNC(O)SC(C)CC(=O)OCC(COC(=O)CC(C)SC(=O)NCCC[Si](OCC)(OCC)OCC)(COC(=O)CC(C)SC(=O)NCCOC(O)C=C)COC(=O)CC(C)SC(C)NCCOC(O)C=C. The van der Waals surface area contributed by atoms with Crippen LogP contribution in [-0.2, 0) is 70.4 Å². The van der Waals surface area contributed by atoms with E-state index in [0.29, 0.717) is 45.4 Å². The number of aliphatic hydroxyl groups is 3. The van der Waals surface area contributed by atoms with Crippen molar-refractivity contribution in [1.29, 1.82) is 0 Å². The van der Waals surface area contributed by atoms with E-state index < -0.39 is 115 Å². The average Bonchev–Trinajstić information content (AvgIpc) is 3.38. The number of nitrogens with one attached hydrogen (secondary N) is 4. The van der Waals surface area contributed by atoms with E-state index in [1.54, 1.807) is 20.8 Å². The molecule has 0 aliphatic rings. The molecule has 0 aliphatic heterocycles. The Morgan fingerprint density at radius 2 is 0.949 bits per heavy atom. The van der Waals surface area contributed by atoms with Crippen LogP contribution in [0.5, 0.6) is 0 Å². The summed E-state index contributed by atoms with van der Waals surface area (Å²) in [5.41, 5.74) is -2.86. The first-order chi connectivity index (χ1) is 37.5. The van der Waals surface area contributed by atoms with Crippen molar-refractivity contribution in [1.82, 2.24) is 21.3 Å². The summed E-state index contributed by atoms with van der Waals surface area (Å²) in [5, 5.41) is 37.9. The van der Waals surface area contributed by atoms with Gasteiger partial charge in [-0.25, -0.2) is 4.79 Å². The first-order valence-corrected chi connectivity index (χ1v) is 31.6. The van der Waals surface area contributed by atoms with Gasteiger partial charge in [-0.1, -0.05) is 71.0 Å². The van der Waals surface area contributed by atoms with E-state index in [0.717, 1.165) is 41.4 Å². The molecule has 0 aromatic rings. The number of hydrogen-bond donors (Lipinski definition) is 7. The largest absolute Gasteiger partial charge is 0.500 e. The maximum atomic E-state index is 13.5. The highest BCUT2D eigenvalue weighted by atomic mass is 32.2. The van der Waals surface area contributed by atoms with E-state index in [9.17, 15) is 48.9 Å². The lowest BCUT2D eigenvalue weighted by Gasteiger charge is -2.32. The highest BCUT2D eigenvalue weighted by molar-refractivity contribution is 8.14. The number of carbonyl (C=O) groups excluding carboxylic acids is 7. The molecule has 0 aromatic heterocycles. The predicted octanol–water partition coefficient (Wildman–Crippen LogP) is 4.62. The summed E-state index contributed by atoms with van der Waals surface area (Å²) in [6.45, 7) is 24.2. The monoisotopic (exact) mass is 1220 g/mol. The van der Waals surface area contributed by atoms with Gasteiger partial charge in [-0.2, -0.15) is 0 Å². The number of ether oxygens (including phenoxy) is 7. The number of aliphatic hydroxyl groups excluding tert-OH is 3. The van der Waals surface area contributed by atoms with Gasteiger partial charge < -0.3 is 77.7 Å². The van der Waals surface area contributed by atoms with Crippen LogP contribution < -0.4 is 21.3 Å². The molecule has 0 saturated heterocycles. The molecule has 9 atom stereocenters. The van der Waals surface area contributed by atoms with Crippen molar-refractivity contribution < 1.29 is 95.3 Å². The molecule has 0 bridgehead atoms. The van der Waals surface area contributed by atoms with Gasteiger partial charge >= 0.3 is 38.7 Å². The van der Waals surface area contributed by atoms with Crippen LogP contribution in [-0.4, -0.2) is 201 Å². The lowest BCUT2D eigenvalue weighted by Crippen LogP contribution is -2.46. The number of esters is 5. The normalized spacial score (nSPS) is 15.3. The van der Waals surface area contributed by atoms with Crippen molar-refractivity contribution >= 4 is 96.2 Å². The molecule has 0 spiro atoms. The van der Waals surface area contributed by atoms with Crippen LogP contribution in [0.15, 0.2) is 38.0 Å². The molecule has 0 fully saturated rings. The summed E-state index contributed by atoms with van der Waals surface area (Å²) in [5.74, 6) is -3.65. The van der Waals surface area contributed by atoms with Crippen LogP contribution in [0.25, 0.3) is 0 Å². The molecule has 0 heterocycles. The van der Waals surface area contributed by atoms with Gasteiger partial charge in [0.25, 0.3) is 10.5 Å². The van der Waals surface area contributed by atoms with Gasteiger partial charge in [-0.15, -0.1) is 23.5 Å². The molecule has 0 aliphatic carbocycles. The first kappa shape index (κ1) is 75.7. The molecule has 0 saturated carbocycles. The second-order valence-corrected chi connectivity index (χ2v) is 26.4. The molecule has 79 heavy (non-hydrogen) atoms. The maximum Gasteiger partial charge on any atom is 0.500 e. The maximum absolute atomic E-state index is 13.5. The number of hydrogen-bond acceptors (Lipinski definition) is 26. The number of carbonyl (C=O) groups is 7. The van der Waals surface area contributed by atoms with E-state index in [1.165, 1.54) is 23.9 Å². The van der Waals surface area contributed by atoms with E-state index in [2.05, 4.69) is 41.0 Å². The van der Waals surface area contributed by atoms with Crippen LogP contribution in [0.2, 0.25) is 6.04 Å². The molecule has 2 amide bonds. The van der Waals surface area contributed by atoms with Crippen LogP contribution in [0.1, 0.15) is 87.5 Å². The van der Waals surface area contributed by atoms with E-state index in [-0.39, 0.29) is 69.2 Å². The Hall–Kier alpha value is -3.27. The van der Waals surface area contributed by atoms with Crippen LogP contribution in [0.4, 0.5) is 9.59 Å². The molecule has 0 aromatic carbocycles. The third kappa shape index (κ3) is 39.7. The summed E-state index contributed by atoms with van der Waals surface area (Å²) < 4.78 is 55.8. The standard InChI is InChI=1S/C50H88N4O20S4Si/c1-12-40(55)65-23-20-51-39(11)75-35(7)27-43(58)68-31-50(33-70-45(60)29-37(9)77-48(63)53-21-24-66-41(56)13-2,34-71-46(61)30-38(10)78-49(64)54-22-25-67-42(57)14-3)32-69-44(59)28-36(8)76-47(62)52-19-18-26-79(72-15-4,73-16-5)74-17-6/h12-14,35-41,49,51,54-56,64H,1-3,15-34H2,4-11H3,(H,52,62)(H,53,63). The zero-order valence-corrected chi connectivity index (χ0v) is 51.3. The van der Waals surface area contributed by atoms with E-state index in [1.807, 2.05) is 34.6 Å². The van der Waals surface area contributed by atoms with Gasteiger partial charge in [0.1, 0.15) is 38.4 Å². The zero-order chi connectivity index (χ0) is 59.7. The molecule has 456 valence electrons. The van der Waals surface area contributed by atoms with Gasteiger partial charge in [0.05, 0.1) is 44.3 Å². The fourth-order valence-corrected chi connectivity index (χ4v) is 12.6. The summed E-state index contributed by atoms with van der Waals surface area (Å²) in [6, 6.07) is 0.484. The topological polar surface area (TPSA) is 321 Å². The molecule has 24 nitrogen and oxygen atoms in total. The molecular weight excluding hydrogens is 1130 g/mol. The Balaban J connectivity index is 6.39. The Labute approximate surface area is 484 Å². The van der Waals surface area contributed by atoms with Crippen LogP contribution >= 0.6 is 47.0 Å². The van der Waals surface area contributed by atoms with Gasteiger partial charge in [-0.05, 0) is 46.3 Å². The summed E-state index contributed by atoms with van der Waals surface area (Å²) in [4.78, 5) is 90.8. The Kier molecular flexibility index (Phi) is 43.4. The predicted molar refractivity (Wildman–Crippen MR) is 307 cm³/mol. The third-order valence-corrected chi connectivity index (χ3v) is 17.4. The fourth-order valence-electron chi connectivity index (χ4n) is 6.45. The average molecular weight is 1220 g/mol. The molecule has 29 heteroatoms. The van der Waals surface area contributed by atoms with Crippen molar-refractivity contribution in [3.05, 3.63) is 38.0 Å². The molecule has 0 radical (unpaired) electrons. The van der Waals surface area contributed by atoms with Gasteiger partial charge in [0.15, 0.2) is 18.1 Å². The minimum atomic E-state index is -2.92. The molecule has 7 N–H and O–H groups in total.